The highest BCUT2D eigenvalue weighted by atomic mass is 79.9. The maximum Gasteiger partial charge on any atom is 0.213 e. The number of hydrogen-bond donors (Lipinski definition) is 0. The second kappa shape index (κ2) is 7.39. The summed E-state index contributed by atoms with van der Waals surface area (Å²) in [5.41, 5.74) is 4.24. The first kappa shape index (κ1) is 18.5. The highest BCUT2D eigenvalue weighted by Gasteiger charge is 2.41. The number of fused-ring (bicyclic) bond motifs is 3. The fourth-order valence-corrected chi connectivity index (χ4v) is 4.66. The number of halogens is 2. The minimum Gasteiger partial charge on any atom is -0.496 e. The van der Waals surface area contributed by atoms with E-state index >= 15 is 0 Å². The summed E-state index contributed by atoms with van der Waals surface area (Å²) < 4.78 is 12.7. The fourth-order valence-electron chi connectivity index (χ4n) is 3.92. The van der Waals surface area contributed by atoms with Crippen molar-refractivity contribution in [1.82, 2.24) is 5.01 Å². The van der Waals surface area contributed by atoms with E-state index in [2.05, 4.69) is 33.1 Å². The first-order valence-corrected chi connectivity index (χ1v) is 10.5. The normalized spacial score (nSPS) is 19.8. The molecule has 0 unspecified atom stereocenters. The first-order chi connectivity index (χ1) is 14.1. The van der Waals surface area contributed by atoms with Crippen molar-refractivity contribution in [1.29, 1.82) is 0 Å². The number of ether oxygens (including phenoxy) is 2. The molecule has 5 rings (SSSR count). The zero-order valence-electron chi connectivity index (χ0n) is 15.7. The molecule has 4 nitrogen and oxygen atoms in total. The minimum absolute atomic E-state index is 0.0681. The van der Waals surface area contributed by atoms with Crippen molar-refractivity contribution < 1.29 is 9.47 Å². The van der Waals surface area contributed by atoms with Crippen molar-refractivity contribution in [3.8, 4) is 11.5 Å². The van der Waals surface area contributed by atoms with Crippen LogP contribution in [0, 0.1) is 0 Å². The van der Waals surface area contributed by atoms with Crippen LogP contribution in [0.25, 0.3) is 0 Å². The maximum absolute atomic E-state index is 6.40. The predicted molar refractivity (Wildman–Crippen MR) is 118 cm³/mol. The van der Waals surface area contributed by atoms with Crippen molar-refractivity contribution in [2.45, 2.75) is 18.7 Å². The largest absolute Gasteiger partial charge is 0.496 e. The Labute approximate surface area is 182 Å². The number of methoxy groups -OCH3 is 1. The average Bonchev–Trinajstić information content (AvgIpc) is 3.20. The van der Waals surface area contributed by atoms with Gasteiger partial charge in [0.2, 0.25) is 6.23 Å². The summed E-state index contributed by atoms with van der Waals surface area (Å²) in [5.74, 6) is 1.63. The average molecular weight is 470 g/mol. The Morgan fingerprint density at radius 3 is 2.69 bits per heavy atom. The summed E-state index contributed by atoms with van der Waals surface area (Å²) in [6.07, 6.45) is 0.464. The van der Waals surface area contributed by atoms with Gasteiger partial charge in [0.05, 0.1) is 23.3 Å². The van der Waals surface area contributed by atoms with Crippen LogP contribution in [0.4, 0.5) is 0 Å². The van der Waals surface area contributed by atoms with E-state index in [-0.39, 0.29) is 12.3 Å². The van der Waals surface area contributed by atoms with Gasteiger partial charge in [0.15, 0.2) is 0 Å². The quantitative estimate of drug-likeness (QED) is 0.448. The summed E-state index contributed by atoms with van der Waals surface area (Å²) in [6.45, 7) is 0. The molecule has 6 heteroatoms. The van der Waals surface area contributed by atoms with E-state index < -0.39 is 0 Å². The van der Waals surface area contributed by atoms with E-state index in [1.54, 1.807) is 7.11 Å². The second-order valence-electron chi connectivity index (χ2n) is 7.06. The third-order valence-corrected chi connectivity index (χ3v) is 6.17. The van der Waals surface area contributed by atoms with E-state index in [9.17, 15) is 0 Å². The molecule has 0 spiro atoms. The van der Waals surface area contributed by atoms with Crippen LogP contribution in [0.3, 0.4) is 0 Å². The summed E-state index contributed by atoms with van der Waals surface area (Å²) in [5, 5.41) is 7.73. The van der Waals surface area contributed by atoms with Crippen LogP contribution >= 0.6 is 27.5 Å². The van der Waals surface area contributed by atoms with Crippen LogP contribution in [0.5, 0.6) is 11.5 Å². The number of nitrogens with zero attached hydrogens (tertiary/aromatic N) is 2. The van der Waals surface area contributed by atoms with E-state index in [1.165, 1.54) is 0 Å². The third kappa shape index (κ3) is 3.28. The second-order valence-corrected chi connectivity index (χ2v) is 8.35. The van der Waals surface area contributed by atoms with Gasteiger partial charge in [-0.25, -0.2) is 5.01 Å². The van der Waals surface area contributed by atoms with Crippen LogP contribution in [-0.2, 0) is 0 Å². The SMILES string of the molecule is COc1ccc([C@H]2Oc3ccc(Cl)cc3[C@H]3CC(c4ccccc4)=NN32)cc1Br. The van der Waals surface area contributed by atoms with Crippen LogP contribution in [-0.4, -0.2) is 17.8 Å². The van der Waals surface area contributed by atoms with Crippen LogP contribution in [0.2, 0.25) is 5.02 Å². The molecule has 2 aliphatic rings. The summed E-state index contributed by atoms with van der Waals surface area (Å²) >= 11 is 9.88. The monoisotopic (exact) mass is 468 g/mol. The molecule has 146 valence electrons. The van der Waals surface area contributed by atoms with Crippen molar-refractivity contribution in [2.75, 3.05) is 7.11 Å². The topological polar surface area (TPSA) is 34.1 Å². The van der Waals surface area contributed by atoms with Crippen molar-refractivity contribution in [3.63, 3.8) is 0 Å². The molecule has 0 aliphatic carbocycles. The summed E-state index contributed by atoms with van der Waals surface area (Å²) in [7, 11) is 1.66. The highest BCUT2D eigenvalue weighted by Crippen LogP contribution is 2.48. The van der Waals surface area contributed by atoms with Gasteiger partial charge < -0.3 is 9.47 Å². The van der Waals surface area contributed by atoms with Gasteiger partial charge in [0.25, 0.3) is 0 Å². The van der Waals surface area contributed by atoms with Gasteiger partial charge in [-0.3, -0.25) is 0 Å². The van der Waals surface area contributed by atoms with Gasteiger partial charge in [0, 0.05) is 22.6 Å². The van der Waals surface area contributed by atoms with E-state index in [0.717, 1.165) is 44.8 Å². The highest BCUT2D eigenvalue weighted by molar-refractivity contribution is 9.10. The molecule has 0 fully saturated rings. The number of benzene rings is 3. The van der Waals surface area contributed by atoms with Gasteiger partial charge in [-0.2, -0.15) is 5.10 Å². The number of hydrogen-bond acceptors (Lipinski definition) is 4. The van der Waals surface area contributed by atoms with Gasteiger partial charge in [-0.15, -0.1) is 0 Å². The lowest BCUT2D eigenvalue weighted by Gasteiger charge is -2.38. The lowest BCUT2D eigenvalue weighted by atomic mass is 9.96. The van der Waals surface area contributed by atoms with E-state index in [4.69, 9.17) is 26.2 Å². The lowest BCUT2D eigenvalue weighted by molar-refractivity contribution is -0.0190. The minimum atomic E-state index is -0.336. The Bertz CT molecular complexity index is 1100. The fraction of sp³-hybridized carbons (Fsp3) is 0.174. The Hall–Kier alpha value is -2.50. The zero-order chi connectivity index (χ0) is 20.0. The molecule has 2 heterocycles. The van der Waals surface area contributed by atoms with Crippen molar-refractivity contribution in [2.24, 2.45) is 5.10 Å². The Morgan fingerprint density at radius 2 is 1.93 bits per heavy atom. The molecule has 3 aromatic rings. The van der Waals surface area contributed by atoms with Gasteiger partial charge in [-0.05, 0) is 57.9 Å². The van der Waals surface area contributed by atoms with Gasteiger partial charge in [0.1, 0.15) is 11.5 Å². The molecular weight excluding hydrogens is 452 g/mol. The standard InChI is InChI=1S/C23H18BrClN2O2/c1-28-22-9-7-15(11-18(22)24)23-27-20(17-12-16(25)8-10-21(17)29-23)13-19(26-27)14-5-3-2-4-6-14/h2-12,20,23H,13H2,1H3/t20-,23-/m1/s1. The summed E-state index contributed by atoms with van der Waals surface area (Å²) in [6, 6.07) is 22.1. The molecule has 2 aliphatic heterocycles. The molecule has 0 saturated heterocycles. The molecule has 0 amide bonds. The van der Waals surface area contributed by atoms with E-state index in [1.807, 2.05) is 54.6 Å². The Balaban J connectivity index is 1.60. The molecule has 3 aromatic carbocycles. The smallest absolute Gasteiger partial charge is 0.213 e. The molecule has 29 heavy (non-hydrogen) atoms. The Kier molecular flexibility index (Phi) is 4.72. The van der Waals surface area contributed by atoms with Gasteiger partial charge in [-0.1, -0.05) is 41.9 Å². The number of hydrazone groups is 1. The van der Waals surface area contributed by atoms with Crippen LogP contribution in [0.15, 0.2) is 76.3 Å². The van der Waals surface area contributed by atoms with Gasteiger partial charge >= 0.3 is 0 Å². The molecular formula is C23H18BrClN2O2. The summed E-state index contributed by atoms with van der Waals surface area (Å²) in [4.78, 5) is 0. The van der Waals surface area contributed by atoms with Crippen LogP contribution in [0.1, 0.15) is 35.4 Å². The molecule has 0 radical (unpaired) electrons. The van der Waals surface area contributed by atoms with Crippen molar-refractivity contribution in [3.05, 3.63) is 92.9 Å². The molecule has 0 N–H and O–H groups in total. The predicted octanol–water partition coefficient (Wildman–Crippen LogP) is 6.35. The Morgan fingerprint density at radius 1 is 1.10 bits per heavy atom. The van der Waals surface area contributed by atoms with Crippen molar-refractivity contribution >= 4 is 33.2 Å². The molecule has 2 atom stereocenters. The molecule has 0 aromatic heterocycles. The molecule has 0 saturated carbocycles. The molecule has 0 bridgehead atoms. The maximum atomic E-state index is 6.40. The lowest BCUT2D eigenvalue weighted by Crippen LogP contribution is -2.33. The van der Waals surface area contributed by atoms with E-state index in [0.29, 0.717) is 5.02 Å². The van der Waals surface area contributed by atoms with Crippen LogP contribution < -0.4 is 9.47 Å². The first-order valence-electron chi connectivity index (χ1n) is 9.35. The zero-order valence-corrected chi connectivity index (χ0v) is 18.0. The third-order valence-electron chi connectivity index (χ3n) is 5.32. The number of rotatable bonds is 3.